The molecule has 0 aliphatic rings. The van der Waals surface area contributed by atoms with Crippen LogP contribution in [-0.4, -0.2) is 44.3 Å². The number of carbonyl (C=O) groups excluding carboxylic acids is 2. The van der Waals surface area contributed by atoms with E-state index in [0.29, 0.717) is 34.3 Å². The Labute approximate surface area is 253 Å². The molecular weight excluding hydrogens is 581 g/mol. The Morgan fingerprint density at radius 1 is 0.902 bits per heavy atom. The van der Waals surface area contributed by atoms with E-state index in [9.17, 15) is 18.0 Å². The lowest BCUT2D eigenvalue weighted by Gasteiger charge is -2.33. The number of sulfonamides is 1. The van der Waals surface area contributed by atoms with Crippen LogP contribution in [-0.2, 0) is 26.2 Å². The number of nitrogens with zero attached hydrogens (tertiary/aromatic N) is 2. The molecule has 3 aromatic carbocycles. The second kappa shape index (κ2) is 14.7. The predicted octanol–water partition coefficient (Wildman–Crippen LogP) is 6.53. The Balaban J connectivity index is 2.06. The molecule has 0 fully saturated rings. The average molecular weight is 619 g/mol. The first-order valence-corrected chi connectivity index (χ1v) is 15.8. The maximum atomic E-state index is 14.1. The average Bonchev–Trinajstić information content (AvgIpc) is 2.93. The number of hydrogen-bond donors (Lipinski definition) is 1. The number of hydrogen-bond acceptors (Lipinski definition) is 4. The highest BCUT2D eigenvalue weighted by Gasteiger charge is 2.34. The summed E-state index contributed by atoms with van der Waals surface area (Å²) in [5, 5.41) is 3.92. The van der Waals surface area contributed by atoms with Crippen molar-refractivity contribution in [2.24, 2.45) is 0 Å². The first-order valence-electron chi connectivity index (χ1n) is 13.6. The Bertz CT molecular complexity index is 1450. The minimum Gasteiger partial charge on any atom is -0.354 e. The van der Waals surface area contributed by atoms with Crippen LogP contribution in [0.15, 0.2) is 71.6 Å². The molecule has 1 N–H and O–H groups in total. The normalized spacial score (nSPS) is 12.0. The highest BCUT2D eigenvalue weighted by molar-refractivity contribution is 7.92. The molecule has 3 rings (SSSR count). The standard InChI is InChI=1S/C31H37Cl2N3O4S/c1-5-7-18-34-31(38)28(6-2)35(20-24-10-12-25(32)13-11-24)30(37)21-36(29-17-14-26(33)19-23(29)4)41(39,40)27-15-8-22(3)9-16-27/h8-17,19,28H,5-7,18,20-21H2,1-4H3,(H,34,38). The zero-order valence-electron chi connectivity index (χ0n) is 23.9. The molecule has 41 heavy (non-hydrogen) atoms. The number of benzene rings is 3. The Morgan fingerprint density at radius 3 is 2.12 bits per heavy atom. The third kappa shape index (κ3) is 8.47. The van der Waals surface area contributed by atoms with Crippen molar-refractivity contribution in [3.05, 3.63) is 93.5 Å². The second-order valence-electron chi connectivity index (χ2n) is 9.97. The van der Waals surface area contributed by atoms with Crippen molar-refractivity contribution in [2.75, 3.05) is 17.4 Å². The zero-order chi connectivity index (χ0) is 30.2. The van der Waals surface area contributed by atoms with E-state index in [1.807, 2.05) is 20.8 Å². The van der Waals surface area contributed by atoms with Gasteiger partial charge in [-0.1, -0.05) is 73.3 Å². The van der Waals surface area contributed by atoms with E-state index < -0.39 is 28.5 Å². The SMILES string of the molecule is CCCCNC(=O)C(CC)N(Cc1ccc(Cl)cc1)C(=O)CN(c1ccc(Cl)cc1C)S(=O)(=O)c1ccc(C)cc1. The van der Waals surface area contributed by atoms with E-state index in [1.54, 1.807) is 61.5 Å². The first-order chi connectivity index (χ1) is 19.5. The summed E-state index contributed by atoms with van der Waals surface area (Å²) in [6.45, 7) is 7.56. The van der Waals surface area contributed by atoms with Gasteiger partial charge in [0, 0.05) is 23.1 Å². The summed E-state index contributed by atoms with van der Waals surface area (Å²) in [7, 11) is -4.16. The molecule has 0 aliphatic heterocycles. The topological polar surface area (TPSA) is 86.8 Å². The number of halogens is 2. The third-order valence-electron chi connectivity index (χ3n) is 6.80. The molecule has 1 unspecified atom stereocenters. The van der Waals surface area contributed by atoms with Crippen LogP contribution in [0.1, 0.15) is 49.8 Å². The lowest BCUT2D eigenvalue weighted by atomic mass is 10.1. The third-order valence-corrected chi connectivity index (χ3v) is 9.06. The minimum absolute atomic E-state index is 0.0545. The lowest BCUT2D eigenvalue weighted by Crippen LogP contribution is -2.52. The van der Waals surface area contributed by atoms with Crippen molar-refractivity contribution in [1.82, 2.24) is 10.2 Å². The van der Waals surface area contributed by atoms with Crippen molar-refractivity contribution in [1.29, 1.82) is 0 Å². The van der Waals surface area contributed by atoms with Gasteiger partial charge >= 0.3 is 0 Å². The Kier molecular flexibility index (Phi) is 11.6. The molecule has 0 saturated heterocycles. The Hall–Kier alpha value is -3.07. The van der Waals surface area contributed by atoms with Crippen LogP contribution in [0.3, 0.4) is 0 Å². The first kappa shape index (κ1) is 32.4. The fraction of sp³-hybridized carbons (Fsp3) is 0.355. The van der Waals surface area contributed by atoms with Crippen LogP contribution >= 0.6 is 23.2 Å². The number of rotatable bonds is 13. The highest BCUT2D eigenvalue weighted by Crippen LogP contribution is 2.30. The largest absolute Gasteiger partial charge is 0.354 e. The summed E-state index contributed by atoms with van der Waals surface area (Å²) in [6, 6.07) is 17.5. The van der Waals surface area contributed by atoms with Gasteiger partial charge in [0.2, 0.25) is 11.8 Å². The number of carbonyl (C=O) groups is 2. The van der Waals surface area contributed by atoms with Gasteiger partial charge in [0.05, 0.1) is 10.6 Å². The molecule has 0 spiro atoms. The van der Waals surface area contributed by atoms with Crippen molar-refractivity contribution >= 4 is 50.7 Å². The van der Waals surface area contributed by atoms with Crippen LogP contribution in [0.5, 0.6) is 0 Å². The highest BCUT2D eigenvalue weighted by atomic mass is 35.5. The summed E-state index contributed by atoms with van der Waals surface area (Å²) in [5.41, 5.74) is 2.59. The van der Waals surface area contributed by atoms with E-state index >= 15 is 0 Å². The van der Waals surface area contributed by atoms with E-state index in [1.165, 1.54) is 17.0 Å². The fourth-order valence-electron chi connectivity index (χ4n) is 4.46. The molecule has 0 aromatic heterocycles. The van der Waals surface area contributed by atoms with Crippen molar-refractivity contribution in [2.45, 2.75) is 64.4 Å². The lowest BCUT2D eigenvalue weighted by molar-refractivity contribution is -0.140. The van der Waals surface area contributed by atoms with Crippen molar-refractivity contribution in [3.63, 3.8) is 0 Å². The van der Waals surface area contributed by atoms with Crippen LogP contribution in [0.4, 0.5) is 5.69 Å². The molecule has 0 aliphatic carbocycles. The maximum Gasteiger partial charge on any atom is 0.264 e. The van der Waals surface area contributed by atoms with Crippen LogP contribution in [0, 0.1) is 13.8 Å². The van der Waals surface area contributed by atoms with Crippen LogP contribution in [0.2, 0.25) is 10.0 Å². The van der Waals surface area contributed by atoms with Gasteiger partial charge in [0.1, 0.15) is 12.6 Å². The van der Waals surface area contributed by atoms with E-state index in [0.717, 1.165) is 28.3 Å². The molecule has 0 heterocycles. The predicted molar refractivity (Wildman–Crippen MR) is 166 cm³/mol. The number of unbranched alkanes of at least 4 members (excludes halogenated alkanes) is 1. The van der Waals surface area contributed by atoms with Gasteiger partial charge in [0.15, 0.2) is 0 Å². The minimum atomic E-state index is -4.16. The summed E-state index contributed by atoms with van der Waals surface area (Å²) < 4.78 is 29.1. The molecular formula is C31H37Cl2N3O4S. The number of aryl methyl sites for hydroxylation is 2. The van der Waals surface area contributed by atoms with Crippen molar-refractivity contribution in [3.8, 4) is 0 Å². The van der Waals surface area contributed by atoms with Gasteiger partial charge in [-0.15, -0.1) is 0 Å². The van der Waals surface area contributed by atoms with Gasteiger partial charge in [0.25, 0.3) is 10.0 Å². The van der Waals surface area contributed by atoms with Gasteiger partial charge < -0.3 is 10.2 Å². The van der Waals surface area contributed by atoms with E-state index in [4.69, 9.17) is 23.2 Å². The van der Waals surface area contributed by atoms with Gasteiger partial charge in [-0.2, -0.15) is 0 Å². The summed E-state index contributed by atoms with van der Waals surface area (Å²) in [6.07, 6.45) is 2.07. The molecule has 0 bridgehead atoms. The molecule has 10 heteroatoms. The smallest absolute Gasteiger partial charge is 0.264 e. The quantitative estimate of drug-likeness (QED) is 0.221. The van der Waals surface area contributed by atoms with E-state index in [2.05, 4.69) is 5.32 Å². The van der Waals surface area contributed by atoms with Gasteiger partial charge in [-0.05, 0) is 80.3 Å². The number of anilines is 1. The van der Waals surface area contributed by atoms with Crippen LogP contribution < -0.4 is 9.62 Å². The molecule has 0 radical (unpaired) electrons. The Morgan fingerprint density at radius 2 is 1.54 bits per heavy atom. The molecule has 220 valence electrons. The van der Waals surface area contributed by atoms with Crippen LogP contribution in [0.25, 0.3) is 0 Å². The molecule has 3 aromatic rings. The second-order valence-corrected chi connectivity index (χ2v) is 12.7. The molecule has 1 atom stereocenters. The molecule has 2 amide bonds. The number of nitrogens with one attached hydrogen (secondary N) is 1. The fourth-order valence-corrected chi connectivity index (χ4v) is 6.29. The molecule has 7 nitrogen and oxygen atoms in total. The number of amides is 2. The molecule has 0 saturated carbocycles. The van der Waals surface area contributed by atoms with E-state index in [-0.39, 0.29) is 17.3 Å². The summed E-state index contributed by atoms with van der Waals surface area (Å²) in [5.74, 6) is -0.790. The van der Waals surface area contributed by atoms with Crippen molar-refractivity contribution < 1.29 is 18.0 Å². The summed E-state index contributed by atoms with van der Waals surface area (Å²) >= 11 is 12.3. The monoisotopic (exact) mass is 617 g/mol. The van der Waals surface area contributed by atoms with Gasteiger partial charge in [-0.3, -0.25) is 13.9 Å². The van der Waals surface area contributed by atoms with Gasteiger partial charge in [-0.25, -0.2) is 8.42 Å². The summed E-state index contributed by atoms with van der Waals surface area (Å²) in [4.78, 5) is 28.9. The maximum absolute atomic E-state index is 14.1. The zero-order valence-corrected chi connectivity index (χ0v) is 26.2.